The lowest BCUT2D eigenvalue weighted by Gasteiger charge is -2.41. The zero-order valence-corrected chi connectivity index (χ0v) is 19.4. The molecule has 4 rings (SSSR count). The molecule has 1 saturated heterocycles. The highest BCUT2D eigenvalue weighted by molar-refractivity contribution is 7.80. The van der Waals surface area contributed by atoms with Gasteiger partial charge in [0.1, 0.15) is 0 Å². The smallest absolute Gasteiger partial charge is 0.171 e. The van der Waals surface area contributed by atoms with Crippen molar-refractivity contribution in [1.82, 2.24) is 20.4 Å². The Morgan fingerprint density at radius 1 is 1.26 bits per heavy atom. The van der Waals surface area contributed by atoms with Crippen LogP contribution in [0.2, 0.25) is 10.0 Å². The van der Waals surface area contributed by atoms with E-state index in [-0.39, 0.29) is 12.1 Å². The van der Waals surface area contributed by atoms with Gasteiger partial charge >= 0.3 is 0 Å². The van der Waals surface area contributed by atoms with Crippen LogP contribution in [0.4, 0.5) is 5.69 Å². The molecular weight excluding hydrogens is 449 g/mol. The second-order valence-electron chi connectivity index (χ2n) is 7.77. The van der Waals surface area contributed by atoms with Crippen molar-refractivity contribution in [3.05, 3.63) is 70.9 Å². The minimum absolute atomic E-state index is 0.0346. The Morgan fingerprint density at radius 3 is 2.94 bits per heavy atom. The molecule has 1 unspecified atom stereocenters. The number of likely N-dealkylation sites (tertiary alicyclic amines) is 1. The Hall–Kier alpha value is -2.12. The first-order valence-corrected chi connectivity index (χ1v) is 11.5. The number of halogens is 2. The molecule has 3 N–H and O–H groups in total. The van der Waals surface area contributed by atoms with Crippen LogP contribution in [0.1, 0.15) is 30.9 Å². The van der Waals surface area contributed by atoms with Gasteiger partial charge in [0, 0.05) is 23.7 Å². The van der Waals surface area contributed by atoms with Gasteiger partial charge in [0.25, 0.3) is 0 Å². The molecule has 2 heterocycles. The van der Waals surface area contributed by atoms with E-state index in [0.29, 0.717) is 15.2 Å². The molecule has 0 saturated carbocycles. The summed E-state index contributed by atoms with van der Waals surface area (Å²) in [4.78, 5) is 2.46. The second-order valence-corrected chi connectivity index (χ2v) is 8.99. The van der Waals surface area contributed by atoms with E-state index in [1.807, 2.05) is 42.5 Å². The molecule has 8 heteroatoms. The number of hydrogen-bond donors (Lipinski definition) is 3. The maximum atomic E-state index is 6.36. The van der Waals surface area contributed by atoms with Gasteiger partial charge in [-0.05, 0) is 67.5 Å². The van der Waals surface area contributed by atoms with Crippen LogP contribution in [0, 0.1) is 0 Å². The van der Waals surface area contributed by atoms with Gasteiger partial charge in [0.2, 0.25) is 0 Å². The maximum Gasteiger partial charge on any atom is 0.171 e. The largest absolute Gasteiger partial charge is 0.354 e. The molecule has 1 aliphatic rings. The molecule has 1 aliphatic heterocycles. The van der Waals surface area contributed by atoms with Gasteiger partial charge in [-0.1, -0.05) is 41.8 Å². The van der Waals surface area contributed by atoms with Crippen molar-refractivity contribution in [2.45, 2.75) is 31.3 Å². The number of rotatable bonds is 6. The van der Waals surface area contributed by atoms with E-state index in [4.69, 9.17) is 35.4 Å². The minimum atomic E-state index is -0.0346. The van der Waals surface area contributed by atoms with Crippen LogP contribution in [0.5, 0.6) is 0 Å². The van der Waals surface area contributed by atoms with Gasteiger partial charge in [-0.2, -0.15) is 5.10 Å². The summed E-state index contributed by atoms with van der Waals surface area (Å²) in [5.74, 6) is 0. The zero-order chi connectivity index (χ0) is 21.8. The van der Waals surface area contributed by atoms with Gasteiger partial charge in [-0.3, -0.25) is 10.00 Å². The van der Waals surface area contributed by atoms with Crippen LogP contribution < -0.4 is 10.6 Å². The lowest BCUT2D eigenvalue weighted by Crippen LogP contribution is -2.49. The van der Waals surface area contributed by atoms with Gasteiger partial charge < -0.3 is 10.6 Å². The van der Waals surface area contributed by atoms with Crippen molar-refractivity contribution >= 4 is 57.1 Å². The predicted octanol–water partition coefficient (Wildman–Crippen LogP) is 5.94. The quantitative estimate of drug-likeness (QED) is 0.305. The standard InChI is InChI=1S/C23H25Cl2N5S/c1-2-10-30-11-4-3-5-21(30)22(15-6-8-18(24)19(25)13-15)28-23(31)27-17-7-9-20-16(12-17)14-26-29-20/h2,6-9,12-14,21-22H,1,3-5,10-11H2,(H,26,29)(H2,27,28,31)/t21-,22?/m0/s1. The number of piperidine rings is 1. The highest BCUT2D eigenvalue weighted by Gasteiger charge is 2.31. The van der Waals surface area contributed by atoms with Crippen LogP contribution in [-0.4, -0.2) is 39.3 Å². The number of nitrogens with one attached hydrogen (secondary N) is 3. The van der Waals surface area contributed by atoms with E-state index in [0.717, 1.165) is 41.7 Å². The number of aromatic amines is 1. The number of H-pyrrole nitrogens is 1. The Balaban J connectivity index is 1.58. The summed E-state index contributed by atoms with van der Waals surface area (Å²) >= 11 is 18.2. The Morgan fingerprint density at radius 2 is 2.13 bits per heavy atom. The number of benzene rings is 2. The summed E-state index contributed by atoms with van der Waals surface area (Å²) in [5.41, 5.74) is 2.95. The lowest BCUT2D eigenvalue weighted by molar-refractivity contribution is 0.135. The van der Waals surface area contributed by atoms with Gasteiger partial charge in [-0.15, -0.1) is 6.58 Å². The zero-order valence-electron chi connectivity index (χ0n) is 17.1. The van der Waals surface area contributed by atoms with Crippen LogP contribution in [-0.2, 0) is 0 Å². The monoisotopic (exact) mass is 473 g/mol. The van der Waals surface area contributed by atoms with Crippen molar-refractivity contribution in [2.75, 3.05) is 18.4 Å². The fourth-order valence-corrected chi connectivity index (χ4v) is 4.77. The van der Waals surface area contributed by atoms with Crippen molar-refractivity contribution in [2.24, 2.45) is 0 Å². The first-order valence-electron chi connectivity index (χ1n) is 10.4. The van der Waals surface area contributed by atoms with Crippen LogP contribution in [0.25, 0.3) is 10.9 Å². The van der Waals surface area contributed by atoms with Crippen molar-refractivity contribution in [1.29, 1.82) is 0 Å². The number of thiocarbonyl (C=S) groups is 1. The summed E-state index contributed by atoms with van der Waals surface area (Å²) < 4.78 is 0. The van der Waals surface area contributed by atoms with Crippen molar-refractivity contribution in [3.8, 4) is 0 Å². The van der Waals surface area contributed by atoms with Crippen LogP contribution >= 0.6 is 35.4 Å². The topological polar surface area (TPSA) is 56.0 Å². The Labute approximate surface area is 197 Å². The molecule has 162 valence electrons. The summed E-state index contributed by atoms with van der Waals surface area (Å²) in [5, 5.41) is 16.6. The third-order valence-corrected chi connectivity index (χ3v) is 6.66. The summed E-state index contributed by atoms with van der Waals surface area (Å²) in [6.45, 7) is 5.81. The van der Waals surface area contributed by atoms with Crippen LogP contribution in [0.15, 0.2) is 55.3 Å². The molecule has 0 amide bonds. The van der Waals surface area contributed by atoms with E-state index < -0.39 is 0 Å². The van der Waals surface area contributed by atoms with Crippen LogP contribution in [0.3, 0.4) is 0 Å². The van der Waals surface area contributed by atoms with E-state index >= 15 is 0 Å². The molecule has 2 aromatic carbocycles. The SMILES string of the molecule is C=CCN1CCCC[C@H]1C(NC(=S)Nc1ccc2[nH]ncc2c1)c1ccc(Cl)c(Cl)c1. The number of fused-ring (bicyclic) bond motifs is 1. The average molecular weight is 474 g/mol. The molecule has 5 nitrogen and oxygen atoms in total. The average Bonchev–Trinajstić information content (AvgIpc) is 3.23. The third-order valence-electron chi connectivity index (χ3n) is 5.70. The molecule has 0 radical (unpaired) electrons. The molecule has 1 fully saturated rings. The maximum absolute atomic E-state index is 6.36. The number of nitrogens with zero attached hydrogens (tertiary/aromatic N) is 2. The summed E-state index contributed by atoms with van der Waals surface area (Å²) in [7, 11) is 0. The molecule has 1 aromatic heterocycles. The third kappa shape index (κ3) is 5.21. The highest BCUT2D eigenvalue weighted by Crippen LogP contribution is 2.32. The molecule has 0 aliphatic carbocycles. The van der Waals surface area contributed by atoms with Gasteiger partial charge in [0.05, 0.1) is 27.8 Å². The summed E-state index contributed by atoms with van der Waals surface area (Å²) in [6.07, 6.45) is 7.18. The molecule has 0 bridgehead atoms. The van der Waals surface area contributed by atoms with Gasteiger partial charge in [-0.25, -0.2) is 0 Å². The number of anilines is 1. The molecule has 31 heavy (non-hydrogen) atoms. The van der Waals surface area contributed by atoms with Crippen molar-refractivity contribution < 1.29 is 0 Å². The lowest BCUT2D eigenvalue weighted by atomic mass is 9.90. The van der Waals surface area contributed by atoms with E-state index in [1.54, 1.807) is 6.20 Å². The normalized spacial score (nSPS) is 17.9. The first kappa shape index (κ1) is 22.1. The van der Waals surface area contributed by atoms with Crippen molar-refractivity contribution in [3.63, 3.8) is 0 Å². The summed E-state index contributed by atoms with van der Waals surface area (Å²) in [6, 6.07) is 12.0. The Bertz CT molecular complexity index is 1080. The predicted molar refractivity (Wildman–Crippen MR) is 134 cm³/mol. The highest BCUT2D eigenvalue weighted by atomic mass is 35.5. The first-order chi connectivity index (χ1) is 15.0. The molecular formula is C23H25Cl2N5S. The van der Waals surface area contributed by atoms with E-state index in [2.05, 4.69) is 32.3 Å². The molecule has 2 atom stereocenters. The second kappa shape index (κ2) is 10.0. The number of aromatic nitrogens is 2. The van der Waals surface area contributed by atoms with E-state index in [9.17, 15) is 0 Å². The Kier molecular flexibility index (Phi) is 7.13. The fraction of sp³-hybridized carbons (Fsp3) is 0.304. The van der Waals surface area contributed by atoms with E-state index in [1.165, 1.54) is 12.8 Å². The fourth-order valence-electron chi connectivity index (χ4n) is 4.22. The van der Waals surface area contributed by atoms with Gasteiger partial charge in [0.15, 0.2) is 5.11 Å². The molecule has 0 spiro atoms. The number of hydrogen-bond acceptors (Lipinski definition) is 3. The molecule has 3 aromatic rings. The minimum Gasteiger partial charge on any atom is -0.354 e.